The molecular formula is C32H26ClFN2O5. The Morgan fingerprint density at radius 3 is 2.41 bits per heavy atom. The first-order chi connectivity index (χ1) is 19.6. The number of anilines is 1. The third-order valence-electron chi connectivity index (χ3n) is 9.90. The van der Waals surface area contributed by atoms with Crippen molar-refractivity contribution in [2.24, 2.45) is 29.1 Å². The third kappa shape index (κ3) is 3.31. The third-order valence-corrected chi connectivity index (χ3v) is 10.2. The number of aromatic hydroxyl groups is 1. The summed E-state index contributed by atoms with van der Waals surface area (Å²) in [7, 11) is 1.49. The zero-order valence-corrected chi connectivity index (χ0v) is 23.1. The molecule has 2 saturated heterocycles. The standard InChI is InChI=1S/C32H26ClFN2O5/c1-32-22(29(39)36(31(32)41)15-7-11-24(34)23(33)13-15)14-21-19(8-9-20-26(21)30(40)35(2)28(20)38)27(32)18-10-12-25(37)17-6-4-3-5-16(17)18/h3-8,10-13,20-22,26-27,37H,9,14H2,1-2H3. The molecule has 9 heteroatoms. The van der Waals surface area contributed by atoms with Gasteiger partial charge in [-0.05, 0) is 60.9 Å². The highest BCUT2D eigenvalue weighted by molar-refractivity contribution is 6.31. The molecule has 3 aromatic carbocycles. The topological polar surface area (TPSA) is 95.0 Å². The van der Waals surface area contributed by atoms with Gasteiger partial charge in [-0.2, -0.15) is 0 Å². The zero-order valence-electron chi connectivity index (χ0n) is 22.3. The zero-order chi connectivity index (χ0) is 29.0. The maximum Gasteiger partial charge on any atom is 0.241 e. The van der Waals surface area contributed by atoms with Crippen LogP contribution in [0.5, 0.6) is 5.75 Å². The van der Waals surface area contributed by atoms with Crippen LogP contribution in [0.25, 0.3) is 10.8 Å². The van der Waals surface area contributed by atoms with Gasteiger partial charge in [0.25, 0.3) is 0 Å². The molecule has 3 fully saturated rings. The molecule has 1 saturated carbocycles. The SMILES string of the molecule is CN1C(=O)C2CC=C3C(CC4C(=O)N(c5ccc(F)c(Cl)c5)C(=O)C4(C)C3c3ccc(O)c4ccccc34)C2C1=O. The number of halogens is 2. The Bertz CT molecular complexity index is 1750. The van der Waals surface area contributed by atoms with E-state index in [2.05, 4.69) is 0 Å². The number of fused-ring (bicyclic) bond motifs is 5. The maximum absolute atomic E-state index is 14.5. The molecule has 41 heavy (non-hydrogen) atoms. The van der Waals surface area contributed by atoms with Crippen molar-refractivity contribution >= 4 is 51.7 Å². The van der Waals surface area contributed by atoms with Crippen molar-refractivity contribution in [3.05, 3.63) is 82.6 Å². The van der Waals surface area contributed by atoms with Crippen LogP contribution in [0.4, 0.5) is 10.1 Å². The van der Waals surface area contributed by atoms with Gasteiger partial charge in [0.2, 0.25) is 23.6 Å². The molecule has 0 bridgehead atoms. The fraction of sp³-hybridized carbons (Fsp3) is 0.312. The summed E-state index contributed by atoms with van der Waals surface area (Å²) in [6.45, 7) is 1.78. The van der Waals surface area contributed by atoms with Crippen LogP contribution in [-0.2, 0) is 19.2 Å². The number of hydrogen-bond donors (Lipinski definition) is 1. The fourth-order valence-electron chi connectivity index (χ4n) is 7.95. The lowest BCUT2D eigenvalue weighted by Gasteiger charge is -2.49. The average molecular weight is 573 g/mol. The van der Waals surface area contributed by atoms with Crippen LogP contribution in [0.3, 0.4) is 0 Å². The molecule has 1 N–H and O–H groups in total. The Balaban J connectivity index is 1.47. The van der Waals surface area contributed by atoms with Crippen LogP contribution in [-0.4, -0.2) is 40.7 Å². The summed E-state index contributed by atoms with van der Waals surface area (Å²) in [5, 5.41) is 11.8. The van der Waals surface area contributed by atoms with E-state index in [1.165, 1.54) is 24.1 Å². The monoisotopic (exact) mass is 572 g/mol. The number of amides is 4. The number of carbonyl (C=O) groups is 4. The molecule has 2 aliphatic carbocycles. The number of nitrogens with zero attached hydrogens (tertiary/aromatic N) is 2. The second-order valence-electron chi connectivity index (χ2n) is 11.7. The minimum Gasteiger partial charge on any atom is -0.507 e. The maximum atomic E-state index is 14.5. The second kappa shape index (κ2) is 8.73. The predicted molar refractivity (Wildman–Crippen MR) is 149 cm³/mol. The molecule has 3 aromatic rings. The van der Waals surface area contributed by atoms with E-state index in [0.29, 0.717) is 11.8 Å². The minimum absolute atomic E-state index is 0.0886. The Kier molecular flexibility index (Phi) is 5.51. The number of phenolic OH excluding ortho intramolecular Hbond substituents is 1. The second-order valence-corrected chi connectivity index (χ2v) is 12.1. The van der Waals surface area contributed by atoms with E-state index in [9.17, 15) is 28.7 Å². The highest BCUT2D eigenvalue weighted by Crippen LogP contribution is 2.64. The molecule has 4 amide bonds. The van der Waals surface area contributed by atoms with E-state index in [1.807, 2.05) is 24.3 Å². The van der Waals surface area contributed by atoms with E-state index in [1.54, 1.807) is 25.1 Å². The molecule has 0 aromatic heterocycles. The molecule has 2 aliphatic heterocycles. The van der Waals surface area contributed by atoms with Crippen LogP contribution >= 0.6 is 11.6 Å². The summed E-state index contributed by atoms with van der Waals surface area (Å²) in [5.74, 6) is -4.96. The van der Waals surface area contributed by atoms with Gasteiger partial charge in [0, 0.05) is 18.4 Å². The highest BCUT2D eigenvalue weighted by Gasteiger charge is 2.67. The first-order valence-corrected chi connectivity index (χ1v) is 14.0. The first-order valence-electron chi connectivity index (χ1n) is 13.6. The quantitative estimate of drug-likeness (QED) is 0.336. The van der Waals surface area contributed by atoms with Crippen LogP contribution in [0.2, 0.25) is 5.02 Å². The van der Waals surface area contributed by atoms with Crippen molar-refractivity contribution in [2.45, 2.75) is 25.7 Å². The van der Waals surface area contributed by atoms with Gasteiger partial charge in [-0.15, -0.1) is 0 Å². The van der Waals surface area contributed by atoms with Gasteiger partial charge < -0.3 is 5.11 Å². The number of hydrogen-bond acceptors (Lipinski definition) is 5. The number of carbonyl (C=O) groups excluding carboxylic acids is 4. The molecule has 0 spiro atoms. The lowest BCUT2D eigenvalue weighted by molar-refractivity contribution is -0.138. The highest BCUT2D eigenvalue weighted by atomic mass is 35.5. The first kappa shape index (κ1) is 25.9. The molecule has 6 atom stereocenters. The molecular weight excluding hydrogens is 547 g/mol. The molecule has 6 unspecified atom stereocenters. The van der Waals surface area contributed by atoms with Gasteiger partial charge in [0.1, 0.15) is 11.6 Å². The molecule has 208 valence electrons. The molecule has 7 rings (SSSR count). The molecule has 2 heterocycles. The number of likely N-dealkylation sites (tertiary alicyclic amines) is 1. The van der Waals surface area contributed by atoms with Gasteiger partial charge in [-0.3, -0.25) is 24.1 Å². The lowest BCUT2D eigenvalue weighted by Crippen LogP contribution is -2.48. The van der Waals surface area contributed by atoms with Gasteiger partial charge in [-0.25, -0.2) is 9.29 Å². The summed E-state index contributed by atoms with van der Waals surface area (Å²) in [6.07, 6.45) is 2.57. The van der Waals surface area contributed by atoms with Crippen molar-refractivity contribution in [3.8, 4) is 5.75 Å². The number of phenols is 1. The van der Waals surface area contributed by atoms with Gasteiger partial charge in [-0.1, -0.05) is 53.6 Å². The molecule has 4 aliphatic rings. The molecule has 0 radical (unpaired) electrons. The van der Waals surface area contributed by atoms with Crippen molar-refractivity contribution in [1.82, 2.24) is 4.90 Å². The Morgan fingerprint density at radius 1 is 0.951 bits per heavy atom. The summed E-state index contributed by atoms with van der Waals surface area (Å²) in [5.41, 5.74) is 0.533. The Hall–Kier alpha value is -4.04. The van der Waals surface area contributed by atoms with Crippen LogP contribution in [0, 0.1) is 34.9 Å². The van der Waals surface area contributed by atoms with Gasteiger partial charge in [0.15, 0.2) is 0 Å². The fourth-order valence-corrected chi connectivity index (χ4v) is 8.12. The molecule has 7 nitrogen and oxygen atoms in total. The number of allylic oxidation sites excluding steroid dienone is 2. The van der Waals surface area contributed by atoms with Crippen LogP contribution in [0.15, 0.2) is 66.2 Å². The lowest BCUT2D eigenvalue weighted by atomic mass is 9.51. The Morgan fingerprint density at radius 2 is 1.68 bits per heavy atom. The van der Waals surface area contributed by atoms with Crippen LogP contribution < -0.4 is 4.90 Å². The van der Waals surface area contributed by atoms with Crippen molar-refractivity contribution in [3.63, 3.8) is 0 Å². The van der Waals surface area contributed by atoms with Gasteiger partial charge >= 0.3 is 0 Å². The summed E-state index contributed by atoms with van der Waals surface area (Å²) >= 11 is 6.05. The summed E-state index contributed by atoms with van der Waals surface area (Å²) < 4.78 is 14.0. The predicted octanol–water partition coefficient (Wildman–Crippen LogP) is 5.20. The number of imide groups is 2. The van der Waals surface area contributed by atoms with Crippen LogP contribution in [0.1, 0.15) is 31.2 Å². The van der Waals surface area contributed by atoms with E-state index in [0.717, 1.165) is 27.5 Å². The smallest absolute Gasteiger partial charge is 0.241 e. The largest absolute Gasteiger partial charge is 0.507 e. The minimum atomic E-state index is -1.26. The summed E-state index contributed by atoms with van der Waals surface area (Å²) in [4.78, 5) is 57.3. The van der Waals surface area contributed by atoms with E-state index >= 15 is 0 Å². The normalized spacial score (nSPS) is 30.9. The van der Waals surface area contributed by atoms with E-state index in [4.69, 9.17) is 11.6 Å². The van der Waals surface area contributed by atoms with Crippen molar-refractivity contribution in [1.29, 1.82) is 0 Å². The Labute approximate surface area is 240 Å². The van der Waals surface area contributed by atoms with E-state index < -0.39 is 52.6 Å². The average Bonchev–Trinajstić information content (AvgIpc) is 3.30. The summed E-state index contributed by atoms with van der Waals surface area (Å²) in [6, 6.07) is 14.4. The van der Waals surface area contributed by atoms with E-state index in [-0.39, 0.29) is 34.7 Å². The number of rotatable bonds is 2. The van der Waals surface area contributed by atoms with Crippen molar-refractivity contribution in [2.75, 3.05) is 11.9 Å². The van der Waals surface area contributed by atoms with Gasteiger partial charge in [0.05, 0.1) is 33.9 Å². The van der Waals surface area contributed by atoms with Crippen molar-refractivity contribution < 1.29 is 28.7 Å². The number of benzene rings is 3.